The molecule has 1 aliphatic carbocycles. The predicted octanol–water partition coefficient (Wildman–Crippen LogP) is 4.91. The third kappa shape index (κ3) is 2.80. The first-order valence-corrected chi connectivity index (χ1v) is 7.77. The van der Waals surface area contributed by atoms with Crippen molar-refractivity contribution in [1.29, 1.82) is 0 Å². The SMILES string of the molecule is CC(C)(C)Cc1ccc2c(c1)CCC1(CCCC1)O2. The second-order valence-electron chi connectivity index (χ2n) is 7.67. The smallest absolute Gasteiger partial charge is 0.123 e. The van der Waals surface area contributed by atoms with E-state index in [9.17, 15) is 0 Å². The molecular weight excluding hydrogens is 232 g/mol. The Morgan fingerprint density at radius 3 is 2.53 bits per heavy atom. The molecule has 1 heterocycles. The van der Waals surface area contributed by atoms with E-state index in [1.54, 1.807) is 0 Å². The molecule has 1 aromatic carbocycles. The molecule has 19 heavy (non-hydrogen) atoms. The fourth-order valence-electron chi connectivity index (χ4n) is 3.67. The molecule has 0 bridgehead atoms. The van der Waals surface area contributed by atoms with E-state index in [0.717, 1.165) is 12.2 Å². The summed E-state index contributed by atoms with van der Waals surface area (Å²) >= 11 is 0. The van der Waals surface area contributed by atoms with Crippen molar-refractivity contribution in [3.8, 4) is 5.75 Å². The van der Waals surface area contributed by atoms with Gasteiger partial charge in [0.25, 0.3) is 0 Å². The number of rotatable bonds is 1. The number of benzene rings is 1. The molecular formula is C18H26O. The van der Waals surface area contributed by atoms with E-state index in [-0.39, 0.29) is 5.60 Å². The summed E-state index contributed by atoms with van der Waals surface area (Å²) < 4.78 is 6.37. The Morgan fingerprint density at radius 2 is 1.84 bits per heavy atom. The van der Waals surface area contributed by atoms with Gasteiger partial charge in [0.1, 0.15) is 11.4 Å². The molecule has 0 atom stereocenters. The summed E-state index contributed by atoms with van der Waals surface area (Å²) in [6.07, 6.45) is 8.78. The molecule has 2 aliphatic rings. The van der Waals surface area contributed by atoms with Gasteiger partial charge in [0, 0.05) is 0 Å². The van der Waals surface area contributed by atoms with Gasteiger partial charge < -0.3 is 4.74 Å². The summed E-state index contributed by atoms with van der Waals surface area (Å²) in [7, 11) is 0. The van der Waals surface area contributed by atoms with Crippen LogP contribution in [0.5, 0.6) is 5.75 Å². The maximum Gasteiger partial charge on any atom is 0.123 e. The molecule has 1 aromatic rings. The van der Waals surface area contributed by atoms with Crippen LogP contribution in [0.1, 0.15) is 64.0 Å². The monoisotopic (exact) mass is 258 g/mol. The van der Waals surface area contributed by atoms with Crippen LogP contribution in [0.15, 0.2) is 18.2 Å². The standard InChI is InChI=1S/C18H26O/c1-17(2,3)13-14-6-7-16-15(12-14)8-11-18(19-16)9-4-5-10-18/h6-7,12H,4-5,8-11,13H2,1-3H3. The average molecular weight is 258 g/mol. The van der Waals surface area contributed by atoms with Crippen molar-refractivity contribution in [2.24, 2.45) is 5.41 Å². The zero-order valence-electron chi connectivity index (χ0n) is 12.6. The Kier molecular flexibility index (Phi) is 3.11. The topological polar surface area (TPSA) is 9.23 Å². The quantitative estimate of drug-likeness (QED) is 0.695. The maximum atomic E-state index is 6.37. The minimum atomic E-state index is 0.193. The number of hydrogen-bond acceptors (Lipinski definition) is 1. The van der Waals surface area contributed by atoms with Crippen molar-refractivity contribution in [2.75, 3.05) is 0 Å². The Bertz CT molecular complexity index is 461. The van der Waals surface area contributed by atoms with Crippen molar-refractivity contribution >= 4 is 0 Å². The highest BCUT2D eigenvalue weighted by molar-refractivity contribution is 5.40. The van der Waals surface area contributed by atoms with Crippen LogP contribution in [0, 0.1) is 5.41 Å². The van der Waals surface area contributed by atoms with Gasteiger partial charge in [0.05, 0.1) is 0 Å². The van der Waals surface area contributed by atoms with E-state index in [1.165, 1.54) is 49.7 Å². The fourth-order valence-corrected chi connectivity index (χ4v) is 3.67. The molecule has 0 amide bonds. The Morgan fingerprint density at radius 1 is 1.11 bits per heavy atom. The van der Waals surface area contributed by atoms with Gasteiger partial charge in [-0.2, -0.15) is 0 Å². The van der Waals surface area contributed by atoms with Crippen LogP contribution < -0.4 is 4.74 Å². The highest BCUT2D eigenvalue weighted by Gasteiger charge is 2.38. The van der Waals surface area contributed by atoms with Gasteiger partial charge in [-0.25, -0.2) is 0 Å². The molecule has 0 radical (unpaired) electrons. The van der Waals surface area contributed by atoms with E-state index >= 15 is 0 Å². The van der Waals surface area contributed by atoms with Gasteiger partial charge in [0.2, 0.25) is 0 Å². The highest BCUT2D eigenvalue weighted by atomic mass is 16.5. The Hall–Kier alpha value is -0.980. The largest absolute Gasteiger partial charge is 0.487 e. The van der Waals surface area contributed by atoms with Gasteiger partial charge >= 0.3 is 0 Å². The van der Waals surface area contributed by atoms with E-state index in [2.05, 4.69) is 39.0 Å². The van der Waals surface area contributed by atoms with Crippen molar-refractivity contribution in [3.05, 3.63) is 29.3 Å². The zero-order valence-corrected chi connectivity index (χ0v) is 12.6. The molecule has 104 valence electrons. The summed E-state index contributed by atoms with van der Waals surface area (Å²) in [6, 6.07) is 6.86. The fraction of sp³-hybridized carbons (Fsp3) is 0.667. The maximum absolute atomic E-state index is 6.37. The average Bonchev–Trinajstić information content (AvgIpc) is 2.76. The van der Waals surface area contributed by atoms with Crippen molar-refractivity contribution in [3.63, 3.8) is 0 Å². The first-order valence-electron chi connectivity index (χ1n) is 7.77. The van der Waals surface area contributed by atoms with E-state index in [4.69, 9.17) is 4.74 Å². The summed E-state index contributed by atoms with van der Waals surface area (Å²) in [5.74, 6) is 1.16. The van der Waals surface area contributed by atoms with Gasteiger partial charge in [-0.1, -0.05) is 32.9 Å². The number of fused-ring (bicyclic) bond motifs is 1. The molecule has 3 rings (SSSR count). The van der Waals surface area contributed by atoms with Crippen molar-refractivity contribution in [1.82, 2.24) is 0 Å². The van der Waals surface area contributed by atoms with Crippen LogP contribution in [-0.4, -0.2) is 5.60 Å². The lowest BCUT2D eigenvalue weighted by atomic mass is 9.85. The van der Waals surface area contributed by atoms with Crippen LogP contribution in [-0.2, 0) is 12.8 Å². The lowest BCUT2D eigenvalue weighted by Crippen LogP contribution is -2.36. The second kappa shape index (κ2) is 4.54. The highest BCUT2D eigenvalue weighted by Crippen LogP contribution is 2.43. The molecule has 0 N–H and O–H groups in total. The summed E-state index contributed by atoms with van der Waals surface area (Å²) in [6.45, 7) is 6.91. The first kappa shape index (κ1) is 13.0. The first-order chi connectivity index (χ1) is 8.96. The molecule has 1 heteroatoms. The predicted molar refractivity (Wildman–Crippen MR) is 79.7 cm³/mol. The summed E-state index contributed by atoms with van der Waals surface area (Å²) in [4.78, 5) is 0. The third-order valence-corrected chi connectivity index (χ3v) is 4.55. The van der Waals surface area contributed by atoms with Gasteiger partial charge in [-0.3, -0.25) is 0 Å². The van der Waals surface area contributed by atoms with Crippen molar-refractivity contribution < 1.29 is 4.74 Å². The molecule has 0 saturated heterocycles. The Balaban J connectivity index is 1.80. The summed E-state index contributed by atoms with van der Waals surface area (Å²) in [5.41, 5.74) is 3.44. The van der Waals surface area contributed by atoms with E-state index in [0.29, 0.717) is 5.41 Å². The molecule has 1 nitrogen and oxygen atoms in total. The second-order valence-corrected chi connectivity index (χ2v) is 7.67. The normalized spacial score (nSPS) is 21.2. The number of aryl methyl sites for hydroxylation is 1. The van der Waals surface area contributed by atoms with Gasteiger partial charge in [-0.05, 0) is 67.6 Å². The zero-order chi connectivity index (χ0) is 13.5. The van der Waals surface area contributed by atoms with Crippen LogP contribution >= 0.6 is 0 Å². The molecule has 1 fully saturated rings. The van der Waals surface area contributed by atoms with Crippen molar-refractivity contribution in [2.45, 2.75) is 71.3 Å². The van der Waals surface area contributed by atoms with Crippen LogP contribution in [0.2, 0.25) is 0 Å². The minimum absolute atomic E-state index is 0.193. The lowest BCUT2D eigenvalue weighted by molar-refractivity contribution is 0.0532. The molecule has 1 saturated carbocycles. The molecule has 1 spiro atoms. The third-order valence-electron chi connectivity index (χ3n) is 4.55. The van der Waals surface area contributed by atoms with Crippen LogP contribution in [0.3, 0.4) is 0 Å². The Labute approximate surface area is 117 Å². The van der Waals surface area contributed by atoms with E-state index < -0.39 is 0 Å². The van der Waals surface area contributed by atoms with Gasteiger partial charge in [0.15, 0.2) is 0 Å². The van der Waals surface area contributed by atoms with Crippen LogP contribution in [0.25, 0.3) is 0 Å². The summed E-state index contributed by atoms with van der Waals surface area (Å²) in [5, 5.41) is 0. The van der Waals surface area contributed by atoms with E-state index in [1.807, 2.05) is 0 Å². The molecule has 0 unspecified atom stereocenters. The number of ether oxygens (including phenoxy) is 1. The van der Waals surface area contributed by atoms with Crippen LogP contribution in [0.4, 0.5) is 0 Å². The minimum Gasteiger partial charge on any atom is -0.487 e. The lowest BCUT2D eigenvalue weighted by Gasteiger charge is -2.36. The molecule has 1 aliphatic heterocycles. The molecule has 0 aromatic heterocycles. The number of hydrogen-bond donors (Lipinski definition) is 0. The van der Waals surface area contributed by atoms with Gasteiger partial charge in [-0.15, -0.1) is 0 Å².